The van der Waals surface area contributed by atoms with E-state index in [1.165, 1.54) is 25.9 Å². The summed E-state index contributed by atoms with van der Waals surface area (Å²) in [7, 11) is 0. The molecule has 0 spiro atoms. The van der Waals surface area contributed by atoms with Crippen molar-refractivity contribution in [3.63, 3.8) is 0 Å². The van der Waals surface area contributed by atoms with Crippen LogP contribution in [0, 0.1) is 17.2 Å². The molecule has 2 aromatic carbocycles. The van der Waals surface area contributed by atoms with Crippen LogP contribution in [0.2, 0.25) is 5.02 Å². The predicted octanol–water partition coefficient (Wildman–Crippen LogP) is 6.53. The molecule has 8 heteroatoms. The molecule has 0 aliphatic carbocycles. The van der Waals surface area contributed by atoms with Crippen LogP contribution in [0.3, 0.4) is 0 Å². The molecule has 0 atom stereocenters. The fourth-order valence-corrected chi connectivity index (χ4v) is 5.17. The first-order chi connectivity index (χ1) is 16.1. The zero-order chi connectivity index (χ0) is 23.2. The number of benzene rings is 2. The molecule has 3 aromatic rings. The topological polar surface area (TPSA) is 50.4 Å². The Labute approximate surface area is 209 Å². The maximum atomic E-state index is 9.57. The molecule has 1 aliphatic heterocycles. The number of nitrogens with zero attached hydrogens (tertiary/aromatic N) is 3. The van der Waals surface area contributed by atoms with Crippen molar-refractivity contribution in [2.75, 3.05) is 38.4 Å². The van der Waals surface area contributed by atoms with Gasteiger partial charge in [-0.1, -0.05) is 23.5 Å². The van der Waals surface area contributed by atoms with Crippen molar-refractivity contribution in [3.8, 4) is 23.3 Å². The molecule has 0 radical (unpaired) electrons. The summed E-state index contributed by atoms with van der Waals surface area (Å²) in [6.07, 6.45) is 7.70. The fourth-order valence-electron chi connectivity index (χ4n) is 4.25. The van der Waals surface area contributed by atoms with Crippen LogP contribution in [0.4, 0.5) is 0 Å². The fraction of sp³-hybridized carbons (Fsp3) is 0.400. The highest BCUT2D eigenvalue weighted by Crippen LogP contribution is 2.33. The van der Waals surface area contributed by atoms with Gasteiger partial charge in [0.05, 0.1) is 28.6 Å². The van der Waals surface area contributed by atoms with Crippen LogP contribution < -0.4 is 9.47 Å². The average Bonchev–Trinajstić information content (AvgIpc) is 3.26. The molecule has 0 unspecified atom stereocenters. The van der Waals surface area contributed by atoms with E-state index in [2.05, 4.69) is 22.7 Å². The summed E-state index contributed by atoms with van der Waals surface area (Å²) in [4.78, 5) is 0. The standard InChI is InChI=1S/C25H27Cl2N3O2S/c1-33-29-9-4-18(5-10-29)7-12-31-22-2-3-24-19(15-22)6-11-30(24)21-14-20(17-28)25(23(27)16-21)32-13-8-26/h2-3,6,11,14-16,18H,4-5,7-10,12-13H2,1H3. The molecule has 1 aromatic heterocycles. The van der Waals surface area contributed by atoms with Crippen molar-refractivity contribution in [3.05, 3.63) is 53.2 Å². The Kier molecular flexibility index (Phi) is 8.32. The van der Waals surface area contributed by atoms with E-state index >= 15 is 0 Å². The molecule has 0 saturated carbocycles. The van der Waals surface area contributed by atoms with Crippen LogP contribution in [-0.2, 0) is 0 Å². The molecule has 0 N–H and O–H groups in total. The van der Waals surface area contributed by atoms with Crippen molar-refractivity contribution < 1.29 is 9.47 Å². The number of piperidine rings is 1. The molecule has 2 heterocycles. The smallest absolute Gasteiger partial charge is 0.155 e. The van der Waals surface area contributed by atoms with Gasteiger partial charge in [-0.25, -0.2) is 0 Å². The molecule has 0 bridgehead atoms. The van der Waals surface area contributed by atoms with Crippen LogP contribution in [0.1, 0.15) is 24.8 Å². The number of rotatable bonds is 9. The first kappa shape index (κ1) is 24.1. The highest BCUT2D eigenvalue weighted by atomic mass is 35.5. The van der Waals surface area contributed by atoms with E-state index in [0.29, 0.717) is 28.8 Å². The second kappa shape index (κ2) is 11.4. The molecule has 0 amide bonds. The summed E-state index contributed by atoms with van der Waals surface area (Å²) >= 11 is 14.0. The van der Waals surface area contributed by atoms with Gasteiger partial charge in [0.2, 0.25) is 0 Å². The monoisotopic (exact) mass is 503 g/mol. The summed E-state index contributed by atoms with van der Waals surface area (Å²) in [6.45, 7) is 3.37. The zero-order valence-corrected chi connectivity index (χ0v) is 20.9. The SMILES string of the molecule is CSN1CCC(CCOc2ccc3c(ccn3-c3cc(Cl)c(OCCCl)c(C#N)c3)c2)CC1. The van der Waals surface area contributed by atoms with Gasteiger partial charge in [0.15, 0.2) is 5.75 Å². The molecule has 1 aliphatic rings. The summed E-state index contributed by atoms with van der Waals surface area (Å²) in [5, 5.41) is 11.0. The van der Waals surface area contributed by atoms with Gasteiger partial charge in [-0.3, -0.25) is 4.31 Å². The minimum atomic E-state index is 0.293. The van der Waals surface area contributed by atoms with Gasteiger partial charge in [-0.15, -0.1) is 11.6 Å². The van der Waals surface area contributed by atoms with Crippen LogP contribution in [0.5, 0.6) is 11.5 Å². The third-order valence-corrected chi connectivity index (χ3v) is 7.36. The number of halogens is 2. The van der Waals surface area contributed by atoms with E-state index in [1.54, 1.807) is 12.1 Å². The number of alkyl halides is 1. The van der Waals surface area contributed by atoms with E-state index in [9.17, 15) is 5.26 Å². The molecular formula is C25H27Cl2N3O2S. The quantitative estimate of drug-likeness (QED) is 0.245. The van der Waals surface area contributed by atoms with Crippen LogP contribution >= 0.6 is 35.1 Å². The van der Waals surface area contributed by atoms with Crippen molar-refractivity contribution in [2.24, 2.45) is 5.92 Å². The van der Waals surface area contributed by atoms with E-state index in [-0.39, 0.29) is 0 Å². The molecule has 5 nitrogen and oxygen atoms in total. The Morgan fingerprint density at radius 1 is 1.12 bits per heavy atom. The largest absolute Gasteiger partial charge is 0.494 e. The van der Waals surface area contributed by atoms with E-state index in [0.717, 1.165) is 41.3 Å². The molecule has 1 fully saturated rings. The third-order valence-electron chi connectivity index (χ3n) is 6.04. The Balaban J connectivity index is 1.45. The number of ether oxygens (including phenoxy) is 2. The van der Waals surface area contributed by atoms with Crippen LogP contribution in [0.25, 0.3) is 16.6 Å². The summed E-state index contributed by atoms with van der Waals surface area (Å²) < 4.78 is 16.1. The number of nitriles is 1. The van der Waals surface area contributed by atoms with Crippen molar-refractivity contribution in [1.82, 2.24) is 8.87 Å². The zero-order valence-electron chi connectivity index (χ0n) is 18.6. The summed E-state index contributed by atoms with van der Waals surface area (Å²) in [6, 6.07) is 13.9. The Bertz CT molecular complexity index is 1140. The average molecular weight is 504 g/mol. The lowest BCUT2D eigenvalue weighted by atomic mass is 9.95. The molecule has 174 valence electrons. The lowest BCUT2D eigenvalue weighted by molar-refractivity contribution is 0.226. The van der Waals surface area contributed by atoms with E-state index < -0.39 is 0 Å². The van der Waals surface area contributed by atoms with E-state index in [1.807, 2.05) is 40.9 Å². The Morgan fingerprint density at radius 3 is 2.67 bits per heavy atom. The maximum Gasteiger partial charge on any atom is 0.155 e. The normalized spacial score (nSPS) is 15.0. The second-order valence-electron chi connectivity index (χ2n) is 8.05. The van der Waals surface area contributed by atoms with Crippen LogP contribution in [-0.4, -0.2) is 47.3 Å². The predicted molar refractivity (Wildman–Crippen MR) is 137 cm³/mol. The summed E-state index contributed by atoms with van der Waals surface area (Å²) in [5.74, 6) is 2.32. The van der Waals surface area contributed by atoms with Crippen molar-refractivity contribution in [1.29, 1.82) is 5.26 Å². The van der Waals surface area contributed by atoms with E-state index in [4.69, 9.17) is 32.7 Å². The molecule has 33 heavy (non-hydrogen) atoms. The first-order valence-corrected chi connectivity index (χ1v) is 13.2. The number of aromatic nitrogens is 1. The lowest BCUT2D eigenvalue weighted by Crippen LogP contribution is -2.28. The van der Waals surface area contributed by atoms with Gasteiger partial charge in [0.1, 0.15) is 18.4 Å². The highest BCUT2D eigenvalue weighted by molar-refractivity contribution is 7.96. The molecular weight excluding hydrogens is 477 g/mol. The minimum absolute atomic E-state index is 0.293. The lowest BCUT2D eigenvalue weighted by Gasteiger charge is -2.29. The number of hydrogen-bond acceptors (Lipinski definition) is 5. The Morgan fingerprint density at radius 2 is 1.94 bits per heavy atom. The van der Waals surface area contributed by atoms with Crippen LogP contribution in [0.15, 0.2) is 42.6 Å². The maximum absolute atomic E-state index is 9.57. The summed E-state index contributed by atoms with van der Waals surface area (Å²) in [5.41, 5.74) is 2.20. The minimum Gasteiger partial charge on any atom is -0.494 e. The van der Waals surface area contributed by atoms with Gasteiger partial charge in [0, 0.05) is 30.4 Å². The van der Waals surface area contributed by atoms with Gasteiger partial charge in [0.25, 0.3) is 0 Å². The Hall–Kier alpha value is -2.04. The van der Waals surface area contributed by atoms with Gasteiger partial charge < -0.3 is 14.0 Å². The van der Waals surface area contributed by atoms with Gasteiger partial charge >= 0.3 is 0 Å². The first-order valence-electron chi connectivity index (χ1n) is 11.1. The second-order valence-corrected chi connectivity index (χ2v) is 9.72. The molecule has 4 rings (SSSR count). The number of fused-ring (bicyclic) bond motifs is 1. The van der Waals surface area contributed by atoms with Gasteiger partial charge in [-0.2, -0.15) is 5.26 Å². The number of hydrogen-bond donors (Lipinski definition) is 0. The molecule has 1 saturated heterocycles. The van der Waals surface area contributed by atoms with Gasteiger partial charge in [-0.05, 0) is 67.8 Å². The van der Waals surface area contributed by atoms with Crippen molar-refractivity contribution >= 4 is 46.1 Å². The highest BCUT2D eigenvalue weighted by Gasteiger charge is 2.18. The van der Waals surface area contributed by atoms with Crippen molar-refractivity contribution in [2.45, 2.75) is 19.3 Å². The third kappa shape index (κ3) is 5.73.